The molecule has 0 atom stereocenters. The van der Waals surface area contributed by atoms with E-state index in [1.165, 1.54) is 38.5 Å². The van der Waals surface area contributed by atoms with Gasteiger partial charge in [-0.25, -0.2) is 0 Å². The predicted octanol–water partition coefficient (Wildman–Crippen LogP) is 2.75. The van der Waals surface area contributed by atoms with Gasteiger partial charge in [-0.15, -0.1) is 0 Å². The van der Waals surface area contributed by atoms with Crippen LogP contribution >= 0.6 is 0 Å². The van der Waals surface area contributed by atoms with Crippen molar-refractivity contribution in [2.24, 2.45) is 0 Å². The van der Waals surface area contributed by atoms with Gasteiger partial charge < -0.3 is 0 Å². The van der Waals surface area contributed by atoms with Gasteiger partial charge in [0.2, 0.25) is 12.2 Å². The summed E-state index contributed by atoms with van der Waals surface area (Å²) < 4.78 is 0. The highest BCUT2D eigenvalue weighted by Crippen LogP contribution is 2.10. The SMILES string of the molecule is CCCCCCCCCCCC(=O)NC(=O)C=O. The Morgan fingerprint density at radius 3 is 1.89 bits per heavy atom. The van der Waals surface area contributed by atoms with E-state index >= 15 is 0 Å². The molecule has 4 nitrogen and oxygen atoms in total. The smallest absolute Gasteiger partial charge is 0.290 e. The molecule has 0 aliphatic heterocycles. The van der Waals surface area contributed by atoms with E-state index < -0.39 is 5.91 Å². The third kappa shape index (κ3) is 11.3. The third-order valence-corrected chi connectivity index (χ3v) is 2.88. The summed E-state index contributed by atoms with van der Waals surface area (Å²) in [5, 5.41) is 2.01. The number of imide groups is 1. The molecule has 4 heteroatoms. The van der Waals surface area contributed by atoms with Gasteiger partial charge in [-0.2, -0.15) is 0 Å². The van der Waals surface area contributed by atoms with Crippen LogP contribution in [0.15, 0.2) is 0 Å². The number of rotatable bonds is 11. The van der Waals surface area contributed by atoms with Gasteiger partial charge in [-0.3, -0.25) is 19.7 Å². The Hall–Kier alpha value is -1.19. The molecule has 2 amide bonds. The number of aldehydes is 1. The van der Waals surface area contributed by atoms with Gasteiger partial charge in [0.05, 0.1) is 0 Å². The molecule has 0 radical (unpaired) electrons. The monoisotopic (exact) mass is 255 g/mol. The summed E-state index contributed by atoms with van der Waals surface area (Å²) >= 11 is 0. The van der Waals surface area contributed by atoms with E-state index in [0.717, 1.165) is 19.3 Å². The fourth-order valence-electron chi connectivity index (χ4n) is 1.83. The first-order chi connectivity index (χ1) is 8.70. The van der Waals surface area contributed by atoms with E-state index in [4.69, 9.17) is 0 Å². The molecule has 0 aromatic rings. The van der Waals surface area contributed by atoms with E-state index in [1.807, 2.05) is 5.32 Å². The molecule has 104 valence electrons. The molecular formula is C14H25NO3. The lowest BCUT2D eigenvalue weighted by Gasteiger charge is -2.02. The van der Waals surface area contributed by atoms with Crippen molar-refractivity contribution in [1.29, 1.82) is 0 Å². The van der Waals surface area contributed by atoms with Crippen molar-refractivity contribution in [2.45, 2.75) is 71.1 Å². The summed E-state index contributed by atoms with van der Waals surface area (Å²) in [4.78, 5) is 31.7. The molecule has 0 aromatic carbocycles. The lowest BCUT2D eigenvalue weighted by molar-refractivity contribution is -0.136. The maximum absolute atomic E-state index is 11.1. The van der Waals surface area contributed by atoms with E-state index in [1.54, 1.807) is 0 Å². The second-order valence-corrected chi connectivity index (χ2v) is 4.61. The number of hydrogen-bond donors (Lipinski definition) is 1. The van der Waals surface area contributed by atoms with Crippen molar-refractivity contribution in [3.05, 3.63) is 0 Å². The summed E-state index contributed by atoms with van der Waals surface area (Å²) in [5.74, 6) is -1.20. The van der Waals surface area contributed by atoms with Crippen LogP contribution < -0.4 is 5.32 Å². The Kier molecular flexibility index (Phi) is 11.5. The fraction of sp³-hybridized carbons (Fsp3) is 0.786. The molecule has 0 rings (SSSR count). The van der Waals surface area contributed by atoms with Crippen LogP contribution in [0.5, 0.6) is 0 Å². The minimum Gasteiger partial charge on any atom is -0.292 e. The van der Waals surface area contributed by atoms with Gasteiger partial charge in [0.1, 0.15) is 0 Å². The number of unbranched alkanes of at least 4 members (excludes halogenated alkanes) is 8. The van der Waals surface area contributed by atoms with E-state index in [2.05, 4.69) is 6.92 Å². The summed E-state index contributed by atoms with van der Waals surface area (Å²) in [6.07, 6.45) is 11.1. The van der Waals surface area contributed by atoms with Gasteiger partial charge in [0.25, 0.3) is 5.91 Å². The predicted molar refractivity (Wildman–Crippen MR) is 71.1 cm³/mol. The highest BCUT2D eigenvalue weighted by molar-refractivity contribution is 6.27. The van der Waals surface area contributed by atoms with Crippen molar-refractivity contribution in [1.82, 2.24) is 5.32 Å². The zero-order valence-electron chi connectivity index (χ0n) is 11.4. The van der Waals surface area contributed by atoms with Crippen molar-refractivity contribution in [3.63, 3.8) is 0 Å². The summed E-state index contributed by atoms with van der Waals surface area (Å²) in [6.45, 7) is 2.21. The molecule has 0 aliphatic rings. The van der Waals surface area contributed by atoms with Crippen LogP contribution in [0.25, 0.3) is 0 Å². The van der Waals surface area contributed by atoms with Crippen molar-refractivity contribution < 1.29 is 14.4 Å². The molecule has 1 N–H and O–H groups in total. The maximum atomic E-state index is 11.1. The number of hydrogen-bond acceptors (Lipinski definition) is 3. The molecule has 0 aliphatic carbocycles. The minimum absolute atomic E-state index is 0.119. The topological polar surface area (TPSA) is 63.2 Å². The quantitative estimate of drug-likeness (QED) is 0.351. The fourth-order valence-corrected chi connectivity index (χ4v) is 1.83. The molecule has 0 aromatic heterocycles. The van der Waals surface area contributed by atoms with E-state index in [9.17, 15) is 14.4 Å². The van der Waals surface area contributed by atoms with Crippen LogP contribution in [0.1, 0.15) is 71.1 Å². The van der Waals surface area contributed by atoms with Gasteiger partial charge in [-0.05, 0) is 6.42 Å². The number of carbonyl (C=O) groups excluding carboxylic acids is 3. The van der Waals surface area contributed by atoms with Crippen LogP contribution in [0, 0.1) is 0 Å². The molecule has 0 unspecified atom stereocenters. The first-order valence-electron chi connectivity index (χ1n) is 6.99. The molecule has 0 heterocycles. The molecule has 18 heavy (non-hydrogen) atoms. The average molecular weight is 255 g/mol. The van der Waals surface area contributed by atoms with E-state index in [0.29, 0.717) is 6.42 Å². The van der Waals surface area contributed by atoms with Crippen LogP contribution in [0.4, 0.5) is 0 Å². The number of amides is 2. The first-order valence-corrected chi connectivity index (χ1v) is 6.99. The number of nitrogens with one attached hydrogen (secondary N) is 1. The molecule has 0 bridgehead atoms. The normalized spacial score (nSPS) is 10.1. The highest BCUT2D eigenvalue weighted by Gasteiger charge is 2.05. The zero-order valence-corrected chi connectivity index (χ0v) is 11.4. The summed E-state index contributed by atoms with van der Waals surface area (Å²) in [7, 11) is 0. The molecule has 0 spiro atoms. The average Bonchev–Trinajstić information content (AvgIpc) is 2.36. The molecule has 0 fully saturated rings. The van der Waals surface area contributed by atoms with Crippen molar-refractivity contribution in [2.75, 3.05) is 0 Å². The Labute approximate surface area is 110 Å². The lowest BCUT2D eigenvalue weighted by atomic mass is 10.1. The van der Waals surface area contributed by atoms with Gasteiger partial charge in [0, 0.05) is 6.42 Å². The Bertz CT molecular complexity index is 251. The second kappa shape index (κ2) is 12.3. The van der Waals surface area contributed by atoms with Crippen LogP contribution in [-0.4, -0.2) is 18.1 Å². The molecule has 0 saturated carbocycles. The molecule has 0 saturated heterocycles. The summed E-state index contributed by atoms with van der Waals surface area (Å²) in [6, 6.07) is 0. The minimum atomic E-state index is -0.851. The zero-order chi connectivity index (χ0) is 13.6. The van der Waals surface area contributed by atoms with Gasteiger partial charge >= 0.3 is 0 Å². The van der Waals surface area contributed by atoms with Gasteiger partial charge in [-0.1, -0.05) is 58.3 Å². The van der Waals surface area contributed by atoms with Gasteiger partial charge in [0.15, 0.2) is 0 Å². The Morgan fingerprint density at radius 1 is 0.889 bits per heavy atom. The third-order valence-electron chi connectivity index (χ3n) is 2.88. The van der Waals surface area contributed by atoms with Crippen molar-refractivity contribution in [3.8, 4) is 0 Å². The van der Waals surface area contributed by atoms with Crippen LogP contribution in [-0.2, 0) is 14.4 Å². The largest absolute Gasteiger partial charge is 0.292 e. The Morgan fingerprint density at radius 2 is 1.39 bits per heavy atom. The van der Waals surface area contributed by atoms with Crippen LogP contribution in [0.2, 0.25) is 0 Å². The highest BCUT2D eigenvalue weighted by atomic mass is 16.2. The maximum Gasteiger partial charge on any atom is 0.290 e. The standard InChI is InChI=1S/C14H25NO3/c1-2-3-4-5-6-7-8-9-10-11-13(17)15-14(18)12-16/h12H,2-11H2,1H3,(H,15,17,18). The van der Waals surface area contributed by atoms with E-state index in [-0.39, 0.29) is 12.2 Å². The lowest BCUT2D eigenvalue weighted by Crippen LogP contribution is -2.30. The number of carbonyl (C=O) groups is 3. The first kappa shape index (κ1) is 16.8. The summed E-state index contributed by atoms with van der Waals surface area (Å²) in [5.41, 5.74) is 0. The van der Waals surface area contributed by atoms with Crippen LogP contribution in [0.3, 0.4) is 0 Å². The molecular weight excluding hydrogens is 230 g/mol. The second-order valence-electron chi connectivity index (χ2n) is 4.61. The van der Waals surface area contributed by atoms with Crippen molar-refractivity contribution >= 4 is 18.1 Å². The Balaban J connectivity index is 3.22.